The van der Waals surface area contributed by atoms with Gasteiger partial charge in [-0.3, -0.25) is 4.79 Å². The minimum Gasteiger partial charge on any atom is -0.467 e. The molecule has 1 amide bonds. The maximum atomic E-state index is 12.5. The molecule has 0 bridgehead atoms. The summed E-state index contributed by atoms with van der Waals surface area (Å²) < 4.78 is 6.63. The molecule has 1 N–H and O–H groups in total. The van der Waals surface area contributed by atoms with Crippen molar-refractivity contribution in [1.82, 2.24) is 9.88 Å². The maximum absolute atomic E-state index is 12.5. The number of hydrogen-bond donors (Lipinski definition) is 1. The SMILES string of the molecule is COC(=O)C(Cc1ccccc1)NC(=O)Cn1ccc2c(Cl)cccc21. The van der Waals surface area contributed by atoms with Crippen molar-refractivity contribution in [2.24, 2.45) is 0 Å². The number of carbonyl (C=O) groups is 2. The highest BCUT2D eigenvalue weighted by Gasteiger charge is 2.22. The first-order valence-corrected chi connectivity index (χ1v) is 8.61. The van der Waals surface area contributed by atoms with Crippen molar-refractivity contribution in [3.8, 4) is 0 Å². The second-order valence-corrected chi connectivity index (χ2v) is 6.36. The van der Waals surface area contributed by atoms with Gasteiger partial charge in [-0.1, -0.05) is 48.0 Å². The molecule has 2 aromatic carbocycles. The summed E-state index contributed by atoms with van der Waals surface area (Å²) in [5.41, 5.74) is 1.81. The van der Waals surface area contributed by atoms with E-state index in [1.165, 1.54) is 7.11 Å². The molecule has 0 aliphatic rings. The molecule has 1 heterocycles. The molecule has 0 fully saturated rings. The van der Waals surface area contributed by atoms with Gasteiger partial charge in [0.15, 0.2) is 0 Å². The summed E-state index contributed by atoms with van der Waals surface area (Å²) in [4.78, 5) is 24.5. The molecule has 0 aliphatic heterocycles. The smallest absolute Gasteiger partial charge is 0.328 e. The zero-order valence-electron chi connectivity index (χ0n) is 14.3. The second-order valence-electron chi connectivity index (χ2n) is 5.95. The van der Waals surface area contributed by atoms with Crippen LogP contribution in [0.3, 0.4) is 0 Å². The molecular weight excluding hydrogens is 352 g/mol. The van der Waals surface area contributed by atoms with E-state index in [4.69, 9.17) is 16.3 Å². The number of esters is 1. The first kappa shape index (κ1) is 18.0. The number of fused-ring (bicyclic) bond motifs is 1. The van der Waals surface area contributed by atoms with Crippen LogP contribution in [0.2, 0.25) is 5.02 Å². The fraction of sp³-hybridized carbons (Fsp3) is 0.200. The normalized spacial score (nSPS) is 11.9. The Hall–Kier alpha value is -2.79. The van der Waals surface area contributed by atoms with E-state index in [0.717, 1.165) is 16.5 Å². The van der Waals surface area contributed by atoms with Gasteiger partial charge in [-0.05, 0) is 23.8 Å². The Labute approximate surface area is 156 Å². The van der Waals surface area contributed by atoms with E-state index < -0.39 is 12.0 Å². The molecule has 26 heavy (non-hydrogen) atoms. The number of methoxy groups -OCH3 is 1. The van der Waals surface area contributed by atoms with Crippen molar-refractivity contribution < 1.29 is 14.3 Å². The van der Waals surface area contributed by atoms with E-state index in [-0.39, 0.29) is 12.5 Å². The Morgan fingerprint density at radius 1 is 1.12 bits per heavy atom. The van der Waals surface area contributed by atoms with Crippen molar-refractivity contribution in [2.75, 3.05) is 7.11 Å². The summed E-state index contributed by atoms with van der Waals surface area (Å²) in [5, 5.41) is 4.29. The molecule has 134 valence electrons. The molecule has 1 unspecified atom stereocenters. The van der Waals surface area contributed by atoms with Gasteiger partial charge in [0.1, 0.15) is 12.6 Å². The number of nitrogens with one attached hydrogen (secondary N) is 1. The first-order chi connectivity index (χ1) is 12.6. The lowest BCUT2D eigenvalue weighted by Crippen LogP contribution is -2.44. The Bertz CT molecular complexity index is 921. The highest BCUT2D eigenvalue weighted by Crippen LogP contribution is 2.24. The zero-order chi connectivity index (χ0) is 18.5. The fourth-order valence-electron chi connectivity index (χ4n) is 2.90. The van der Waals surface area contributed by atoms with E-state index in [1.807, 2.05) is 48.5 Å². The van der Waals surface area contributed by atoms with Crippen molar-refractivity contribution >= 4 is 34.4 Å². The van der Waals surface area contributed by atoms with Crippen molar-refractivity contribution in [1.29, 1.82) is 0 Å². The number of carbonyl (C=O) groups excluding carboxylic acids is 2. The van der Waals surface area contributed by atoms with Crippen LogP contribution < -0.4 is 5.32 Å². The number of aromatic nitrogens is 1. The predicted octanol–water partition coefficient (Wildman–Crippen LogP) is 3.20. The molecular formula is C20H19ClN2O3. The lowest BCUT2D eigenvalue weighted by Gasteiger charge is -2.17. The average Bonchev–Trinajstić information content (AvgIpc) is 3.05. The van der Waals surface area contributed by atoms with Crippen LogP contribution in [0.1, 0.15) is 5.56 Å². The van der Waals surface area contributed by atoms with Crippen LogP contribution in [0.5, 0.6) is 0 Å². The molecule has 0 saturated heterocycles. The molecule has 6 heteroatoms. The minimum absolute atomic E-state index is 0.0894. The monoisotopic (exact) mass is 370 g/mol. The van der Waals surface area contributed by atoms with Crippen LogP contribution >= 0.6 is 11.6 Å². The molecule has 0 spiro atoms. The number of halogens is 1. The van der Waals surface area contributed by atoms with Gasteiger partial charge in [0.05, 0.1) is 7.11 Å². The molecule has 0 saturated carbocycles. The van der Waals surface area contributed by atoms with Gasteiger partial charge in [-0.2, -0.15) is 0 Å². The number of ether oxygens (including phenoxy) is 1. The Morgan fingerprint density at radius 2 is 1.88 bits per heavy atom. The van der Waals surface area contributed by atoms with E-state index >= 15 is 0 Å². The summed E-state index contributed by atoms with van der Waals surface area (Å²) in [6.45, 7) is 0.0894. The van der Waals surface area contributed by atoms with E-state index in [9.17, 15) is 9.59 Å². The third kappa shape index (κ3) is 4.06. The van der Waals surface area contributed by atoms with Crippen molar-refractivity contribution in [2.45, 2.75) is 19.0 Å². The van der Waals surface area contributed by atoms with Gasteiger partial charge in [0.25, 0.3) is 0 Å². The van der Waals surface area contributed by atoms with Gasteiger partial charge in [0.2, 0.25) is 5.91 Å². The van der Waals surface area contributed by atoms with E-state index in [1.54, 1.807) is 16.8 Å². The Morgan fingerprint density at radius 3 is 2.62 bits per heavy atom. The molecule has 0 aliphatic carbocycles. The van der Waals surface area contributed by atoms with Crippen LogP contribution in [0.25, 0.3) is 10.9 Å². The van der Waals surface area contributed by atoms with Crippen molar-refractivity contribution in [3.63, 3.8) is 0 Å². The summed E-state index contributed by atoms with van der Waals surface area (Å²) >= 11 is 6.17. The summed E-state index contributed by atoms with van der Waals surface area (Å²) in [6, 6.07) is 16.2. The van der Waals surface area contributed by atoms with Crippen LogP contribution in [-0.2, 0) is 27.3 Å². The molecule has 0 radical (unpaired) electrons. The minimum atomic E-state index is -0.736. The third-order valence-electron chi connectivity index (χ3n) is 4.18. The van der Waals surface area contributed by atoms with Crippen molar-refractivity contribution in [3.05, 3.63) is 71.4 Å². The Balaban J connectivity index is 1.73. The lowest BCUT2D eigenvalue weighted by molar-refractivity contribution is -0.145. The van der Waals surface area contributed by atoms with Gasteiger partial charge in [-0.25, -0.2) is 4.79 Å². The fourth-order valence-corrected chi connectivity index (χ4v) is 3.14. The van der Waals surface area contributed by atoms with Crippen LogP contribution in [-0.4, -0.2) is 29.6 Å². The first-order valence-electron chi connectivity index (χ1n) is 8.23. The maximum Gasteiger partial charge on any atom is 0.328 e. The molecule has 3 rings (SSSR count). The summed E-state index contributed by atoms with van der Waals surface area (Å²) in [5.74, 6) is -0.739. The van der Waals surface area contributed by atoms with Gasteiger partial charge >= 0.3 is 5.97 Å². The van der Waals surface area contributed by atoms with E-state index in [2.05, 4.69) is 5.32 Å². The topological polar surface area (TPSA) is 60.3 Å². The average molecular weight is 371 g/mol. The number of benzene rings is 2. The molecule has 3 aromatic rings. The molecule has 5 nitrogen and oxygen atoms in total. The summed E-state index contributed by atoms with van der Waals surface area (Å²) in [7, 11) is 1.31. The van der Waals surface area contributed by atoms with Gasteiger partial charge in [0, 0.05) is 28.5 Å². The molecule has 1 aromatic heterocycles. The number of rotatable bonds is 6. The Kier molecular flexibility index (Phi) is 5.58. The van der Waals surface area contributed by atoms with E-state index in [0.29, 0.717) is 11.4 Å². The van der Waals surface area contributed by atoms with Gasteiger partial charge in [-0.15, -0.1) is 0 Å². The zero-order valence-corrected chi connectivity index (χ0v) is 15.1. The molecule has 1 atom stereocenters. The summed E-state index contributed by atoms with van der Waals surface area (Å²) in [6.07, 6.45) is 2.18. The number of nitrogens with zero attached hydrogens (tertiary/aromatic N) is 1. The lowest BCUT2D eigenvalue weighted by atomic mass is 10.1. The third-order valence-corrected chi connectivity index (χ3v) is 4.51. The highest BCUT2D eigenvalue weighted by molar-refractivity contribution is 6.35. The number of hydrogen-bond acceptors (Lipinski definition) is 3. The predicted molar refractivity (Wildman–Crippen MR) is 101 cm³/mol. The number of amides is 1. The highest BCUT2D eigenvalue weighted by atomic mass is 35.5. The quantitative estimate of drug-likeness (QED) is 0.678. The van der Waals surface area contributed by atoms with Crippen LogP contribution in [0.4, 0.5) is 0 Å². The largest absolute Gasteiger partial charge is 0.467 e. The second kappa shape index (κ2) is 8.06. The van der Waals surface area contributed by atoms with Crippen LogP contribution in [0, 0.1) is 0 Å². The van der Waals surface area contributed by atoms with Gasteiger partial charge < -0.3 is 14.6 Å². The van der Waals surface area contributed by atoms with Crippen LogP contribution in [0.15, 0.2) is 60.8 Å². The standard InChI is InChI=1S/C20H19ClN2O3/c1-26-20(25)17(12-14-6-3-2-4-7-14)22-19(24)13-23-11-10-15-16(21)8-5-9-18(15)23/h2-11,17H,12-13H2,1H3,(H,22,24).